The van der Waals surface area contributed by atoms with Crippen LogP contribution in [-0.2, 0) is 0 Å². The van der Waals surface area contributed by atoms with E-state index in [1.54, 1.807) is 0 Å². The molecule has 15 heteroatoms. The number of hydrogen-bond donors (Lipinski definition) is 15. The first-order chi connectivity index (χ1) is 67.9. The fourth-order valence-electron chi connectivity index (χ4n) is 46.8. The lowest BCUT2D eigenvalue weighted by atomic mass is 9.41. The molecule has 15 unspecified atom stereocenters. The number of fused-ring (bicyclic) bond motifs is 25. The van der Waals surface area contributed by atoms with Crippen molar-refractivity contribution in [2.45, 2.75) is 501 Å². The summed E-state index contributed by atoms with van der Waals surface area (Å²) in [6.45, 7) is 49.7. The topological polar surface area (TPSA) is 303 Å². The Hall–Kier alpha value is -0.860. The SMILES string of the molecule is C/C=C1/[C@H](O)C2C3CC[C@H]([C@H](C)CCCO)[C@@]3(C)CCC2[C@@]2(C)CC[C@@H](O)C[C@@H]12.CC[C@@H]1[C@H](O)C2C3CC[C@H]([C@H](C)CCCO)[C@@]3(C)CCC2[C@@]2(C)CC[C@@H](O)C[C@@H]12.CC[C@@H]1[C@H](O)C2C3CC[C@H]([C@H](C)CCO)[C@@]3(C)CCC2[C@@]2(C)CC[C@@H](O)C[C@@H]12.CC[C@H]1[C@@H](O)C2C3CC[C@H]([C@H](C)CCO)[C@@]3(C)CCC2[C@@]2(C)CC[C@@H](O)C[C@@H]12.CC[C@H]1[C@H](O)C2C3CC[C@H]([C@H](C)CCCO)[C@@]3(C)CCC2[C@@]2(C)CC[C@@H](O)C[C@@H]12. The molecule has 0 aromatic heterocycles. The summed E-state index contributed by atoms with van der Waals surface area (Å²) in [7, 11) is 0. The fourth-order valence-corrected chi connectivity index (χ4v) is 46.8. The van der Waals surface area contributed by atoms with Crippen LogP contribution >= 0.6 is 0 Å². The summed E-state index contributed by atoms with van der Waals surface area (Å²) < 4.78 is 0. The van der Waals surface area contributed by atoms with Gasteiger partial charge in [0.2, 0.25) is 0 Å². The first-order valence-corrected chi connectivity index (χ1v) is 62.4. The van der Waals surface area contributed by atoms with Gasteiger partial charge in [-0.25, -0.2) is 0 Å². The van der Waals surface area contributed by atoms with E-state index < -0.39 is 0 Å². The summed E-state index contributed by atoms with van der Waals surface area (Å²) in [5.41, 5.74) is 4.32. The van der Waals surface area contributed by atoms with Crippen molar-refractivity contribution in [3.63, 3.8) is 0 Å². The number of aliphatic hydroxyl groups excluding tert-OH is 15. The normalized spacial score (nSPS) is 53.4. The fraction of sp³-hybridized carbons (Fsp3) is 0.984. The lowest BCUT2D eigenvalue weighted by Gasteiger charge is -2.64. The Labute approximate surface area is 872 Å². The largest absolute Gasteiger partial charge is 0.396 e. The predicted octanol–water partition coefficient (Wildman–Crippen LogP) is 24.2. The highest BCUT2D eigenvalue weighted by Gasteiger charge is 2.73. The highest BCUT2D eigenvalue weighted by Crippen LogP contribution is 2.78. The zero-order valence-corrected chi connectivity index (χ0v) is 95.0. The van der Waals surface area contributed by atoms with E-state index in [-0.39, 0.29) is 66.5 Å². The molecular weight excluding hydrogens is 1780 g/mol. The van der Waals surface area contributed by atoms with Gasteiger partial charge in [0.1, 0.15) is 0 Å². The summed E-state index contributed by atoms with van der Waals surface area (Å²) in [4.78, 5) is 0. The molecular formula is C128H224O15. The molecule has 20 aliphatic carbocycles. The molecule has 0 aromatic carbocycles. The highest BCUT2D eigenvalue weighted by atomic mass is 16.3. The van der Waals surface area contributed by atoms with Crippen molar-refractivity contribution in [1.29, 1.82) is 0 Å². The van der Waals surface area contributed by atoms with Crippen molar-refractivity contribution in [3.8, 4) is 0 Å². The quantitative estimate of drug-likeness (QED) is 0.0448. The van der Waals surface area contributed by atoms with Gasteiger partial charge in [-0.05, 0) is 544 Å². The average Bonchev–Trinajstić information content (AvgIpc) is 1.69. The first-order valence-electron chi connectivity index (χ1n) is 62.4. The lowest BCUT2D eigenvalue weighted by molar-refractivity contribution is -0.203. The van der Waals surface area contributed by atoms with Gasteiger partial charge in [0.05, 0.1) is 61.0 Å². The van der Waals surface area contributed by atoms with E-state index in [2.05, 4.69) is 145 Å². The van der Waals surface area contributed by atoms with Crippen molar-refractivity contribution in [2.75, 3.05) is 33.0 Å². The Kier molecular flexibility index (Phi) is 36.4. The second-order valence-electron chi connectivity index (χ2n) is 58.7. The molecule has 20 rings (SSSR count). The van der Waals surface area contributed by atoms with Gasteiger partial charge in [0.25, 0.3) is 0 Å². The van der Waals surface area contributed by atoms with Crippen molar-refractivity contribution in [2.24, 2.45) is 255 Å². The van der Waals surface area contributed by atoms with Crippen LogP contribution in [0.25, 0.3) is 0 Å². The monoisotopic (exact) mass is 2000 g/mol. The first kappa shape index (κ1) is 115. The van der Waals surface area contributed by atoms with Crippen LogP contribution in [0, 0.1) is 255 Å². The molecule has 0 bridgehead atoms. The molecule has 0 saturated heterocycles. The van der Waals surface area contributed by atoms with Gasteiger partial charge in [0.15, 0.2) is 0 Å². The maximum atomic E-state index is 11.7. The van der Waals surface area contributed by atoms with Crippen LogP contribution < -0.4 is 0 Å². The molecule has 20 saturated carbocycles. The van der Waals surface area contributed by atoms with E-state index >= 15 is 0 Å². The van der Waals surface area contributed by atoms with Crippen LogP contribution in [0.4, 0.5) is 0 Å². The van der Waals surface area contributed by atoms with E-state index in [0.29, 0.717) is 265 Å². The number of rotatable bonds is 22. The van der Waals surface area contributed by atoms with Crippen LogP contribution in [0.15, 0.2) is 11.6 Å². The molecule has 15 nitrogen and oxygen atoms in total. The van der Waals surface area contributed by atoms with Gasteiger partial charge in [-0.3, -0.25) is 0 Å². The standard InChI is InChI=1S/2C26H46O3.C26H44O3.2C25H44O3/c3*1-5-18-22-15-17(28)10-12-26(22,4)21-11-13-25(3)19(16(2)7-6-14-27)8-9-20(25)23(21)24(18)29;2*1-5-17-21-14-16(27)8-11-25(21,4)20-9-12-24(3)18(15(2)10-13-26)6-7-19(24)22(20)23(17)28/h2*16-24,27-29H,5-15H2,1-4H3;5,16-17,19-24,27-29H,6-15H2,1-4H3;2*15-23,26-28H,5-14H2,1-4H3/b;;18-5+;;/t16-,17-,18+,19-,20?,21?,22+,23?,24+,25-,26-;16-,17-,18-,19-,20?,21?,22+,23?,24+,25-,26-;16-,17-,19-,20?,21?,22+,23?,24+,25-,26-;15-,16-,17+,18-,19?,20?,21+,22?,23+,24-,25-;15-,16-,17-,18-,19?,20?,21+,22?,23-,24-,25-/m11111/s1. The van der Waals surface area contributed by atoms with Gasteiger partial charge >= 0.3 is 0 Å². The molecule has 826 valence electrons. The summed E-state index contributed by atoms with van der Waals surface area (Å²) >= 11 is 0. The molecule has 54 atom stereocenters. The summed E-state index contributed by atoms with van der Waals surface area (Å²) in [6.07, 6.45) is 52.6. The van der Waals surface area contributed by atoms with Crippen molar-refractivity contribution in [1.82, 2.24) is 0 Å². The second-order valence-corrected chi connectivity index (χ2v) is 58.7. The molecule has 20 fully saturated rings. The smallest absolute Gasteiger partial charge is 0.0786 e. The number of allylic oxidation sites excluding steroid dienone is 1. The Morgan fingerprint density at radius 3 is 0.664 bits per heavy atom. The van der Waals surface area contributed by atoms with Crippen LogP contribution in [0.2, 0.25) is 0 Å². The third-order valence-electron chi connectivity index (χ3n) is 53.9. The average molecular weight is 2000 g/mol. The van der Waals surface area contributed by atoms with Gasteiger partial charge in [-0.2, -0.15) is 0 Å². The maximum Gasteiger partial charge on any atom is 0.0786 e. The number of hydrogen-bond acceptors (Lipinski definition) is 15. The summed E-state index contributed by atoms with van der Waals surface area (Å²) in [5, 5.41) is 157. The molecule has 0 amide bonds. The van der Waals surface area contributed by atoms with E-state index in [1.165, 1.54) is 134 Å². The molecule has 15 N–H and O–H groups in total. The van der Waals surface area contributed by atoms with E-state index in [1.807, 2.05) is 0 Å². The van der Waals surface area contributed by atoms with E-state index in [4.69, 9.17) is 0 Å². The zero-order valence-electron chi connectivity index (χ0n) is 95.0. The Bertz CT molecular complexity index is 3890. The van der Waals surface area contributed by atoms with Crippen LogP contribution in [0.5, 0.6) is 0 Å². The van der Waals surface area contributed by atoms with Crippen LogP contribution in [0.3, 0.4) is 0 Å². The third kappa shape index (κ3) is 19.7. The molecule has 143 heavy (non-hydrogen) atoms. The number of aliphatic hydroxyl groups is 15. The molecule has 0 aliphatic heterocycles. The minimum Gasteiger partial charge on any atom is -0.396 e. The van der Waals surface area contributed by atoms with Crippen molar-refractivity contribution in [3.05, 3.63) is 11.6 Å². The Morgan fingerprint density at radius 2 is 0.441 bits per heavy atom. The molecule has 0 spiro atoms. The molecule has 0 radical (unpaired) electrons. The van der Waals surface area contributed by atoms with Crippen LogP contribution in [0.1, 0.15) is 440 Å². The van der Waals surface area contributed by atoms with Gasteiger partial charge < -0.3 is 76.6 Å². The minimum atomic E-state index is -0.329. The van der Waals surface area contributed by atoms with Crippen LogP contribution in [-0.4, -0.2) is 171 Å². The molecule has 20 aliphatic rings. The van der Waals surface area contributed by atoms with Gasteiger partial charge in [-0.1, -0.05) is 163 Å². The van der Waals surface area contributed by atoms with E-state index in [9.17, 15) is 76.6 Å². The van der Waals surface area contributed by atoms with E-state index in [0.717, 1.165) is 191 Å². The third-order valence-corrected chi connectivity index (χ3v) is 53.9. The van der Waals surface area contributed by atoms with Crippen molar-refractivity contribution < 1.29 is 76.6 Å². The minimum absolute atomic E-state index is 0.164. The van der Waals surface area contributed by atoms with Gasteiger partial charge in [-0.15, -0.1) is 0 Å². The zero-order chi connectivity index (χ0) is 103. The summed E-state index contributed by atoms with van der Waals surface area (Å²) in [6, 6.07) is 0. The van der Waals surface area contributed by atoms with Crippen molar-refractivity contribution >= 4 is 0 Å². The molecule has 0 aromatic rings. The lowest BCUT2D eigenvalue weighted by Crippen LogP contribution is -2.62. The Balaban J connectivity index is 0.000000128. The predicted molar refractivity (Wildman–Crippen MR) is 577 cm³/mol. The Morgan fingerprint density at radius 1 is 0.238 bits per heavy atom. The highest BCUT2D eigenvalue weighted by molar-refractivity contribution is 5.28. The van der Waals surface area contributed by atoms with Gasteiger partial charge in [0, 0.05) is 33.0 Å². The summed E-state index contributed by atoms with van der Waals surface area (Å²) in [5.74, 6) is 18.8. The molecule has 0 heterocycles. The second kappa shape index (κ2) is 45.4. The maximum absolute atomic E-state index is 11.7.